The standard InChI is InChI=1S/C25H32N2O3/c1-29-18-17-26-15-5-13-25(24(26)28)14-6-16-27(25)19-21-9-11-23(12-10-21)30-20-22-7-3-2-4-8-22/h2-4,7-12H,5-6,13-20H2,1H3. The van der Waals surface area contributed by atoms with Crippen LogP contribution in [0.25, 0.3) is 0 Å². The summed E-state index contributed by atoms with van der Waals surface area (Å²) in [7, 11) is 1.69. The first kappa shape index (κ1) is 20.9. The van der Waals surface area contributed by atoms with Gasteiger partial charge >= 0.3 is 0 Å². The molecule has 2 heterocycles. The highest BCUT2D eigenvalue weighted by atomic mass is 16.5. The van der Waals surface area contributed by atoms with Gasteiger partial charge in [0.2, 0.25) is 5.91 Å². The third-order valence-electron chi connectivity index (χ3n) is 6.44. The summed E-state index contributed by atoms with van der Waals surface area (Å²) in [6.07, 6.45) is 4.08. The zero-order chi connectivity index (χ0) is 20.8. The van der Waals surface area contributed by atoms with Gasteiger partial charge in [-0.15, -0.1) is 0 Å². The molecule has 30 heavy (non-hydrogen) atoms. The molecule has 1 amide bonds. The van der Waals surface area contributed by atoms with E-state index in [4.69, 9.17) is 9.47 Å². The summed E-state index contributed by atoms with van der Waals surface area (Å²) in [5.41, 5.74) is 2.06. The van der Waals surface area contributed by atoms with Gasteiger partial charge in [-0.1, -0.05) is 42.5 Å². The minimum atomic E-state index is -0.325. The molecule has 2 fully saturated rings. The van der Waals surface area contributed by atoms with Crippen LogP contribution in [-0.2, 0) is 22.7 Å². The summed E-state index contributed by atoms with van der Waals surface area (Å²) in [6, 6.07) is 18.5. The van der Waals surface area contributed by atoms with E-state index in [9.17, 15) is 4.79 Å². The fraction of sp³-hybridized carbons (Fsp3) is 0.480. The number of piperidine rings is 1. The van der Waals surface area contributed by atoms with E-state index in [2.05, 4.69) is 29.2 Å². The predicted molar refractivity (Wildman–Crippen MR) is 117 cm³/mol. The Balaban J connectivity index is 1.38. The second kappa shape index (κ2) is 9.63. The van der Waals surface area contributed by atoms with Crippen molar-refractivity contribution in [3.8, 4) is 5.75 Å². The lowest BCUT2D eigenvalue weighted by atomic mass is 9.85. The maximum absolute atomic E-state index is 13.3. The number of amides is 1. The first-order valence-electron chi connectivity index (χ1n) is 11.0. The Labute approximate surface area is 179 Å². The van der Waals surface area contributed by atoms with Gasteiger partial charge in [-0.3, -0.25) is 9.69 Å². The molecule has 0 bridgehead atoms. The van der Waals surface area contributed by atoms with Crippen molar-refractivity contribution < 1.29 is 14.3 Å². The number of ether oxygens (including phenoxy) is 2. The molecule has 5 nitrogen and oxygen atoms in total. The number of likely N-dealkylation sites (tertiary alicyclic amines) is 2. The Bertz CT molecular complexity index is 824. The molecule has 0 aliphatic carbocycles. The first-order chi connectivity index (χ1) is 14.7. The number of rotatable bonds is 8. The van der Waals surface area contributed by atoms with Gasteiger partial charge in [0.1, 0.15) is 17.9 Å². The minimum absolute atomic E-state index is 0.297. The number of carbonyl (C=O) groups excluding carboxylic acids is 1. The Morgan fingerprint density at radius 2 is 1.67 bits per heavy atom. The minimum Gasteiger partial charge on any atom is -0.489 e. The van der Waals surface area contributed by atoms with Gasteiger partial charge in [0.25, 0.3) is 0 Å². The fourth-order valence-corrected chi connectivity index (χ4v) is 4.82. The zero-order valence-corrected chi connectivity index (χ0v) is 17.9. The normalized spacial score (nSPS) is 22.0. The van der Waals surface area contributed by atoms with Gasteiger partial charge in [0, 0.05) is 26.7 Å². The molecule has 2 aromatic carbocycles. The number of carbonyl (C=O) groups is 1. The van der Waals surface area contributed by atoms with Crippen molar-refractivity contribution in [1.29, 1.82) is 0 Å². The van der Waals surface area contributed by atoms with Gasteiger partial charge in [-0.25, -0.2) is 0 Å². The lowest BCUT2D eigenvalue weighted by Gasteiger charge is -2.44. The second-order valence-corrected chi connectivity index (χ2v) is 8.36. The summed E-state index contributed by atoms with van der Waals surface area (Å²) >= 11 is 0. The van der Waals surface area contributed by atoms with Crippen molar-refractivity contribution >= 4 is 5.91 Å². The summed E-state index contributed by atoms with van der Waals surface area (Å²) in [6.45, 7) is 4.51. The quantitative estimate of drug-likeness (QED) is 0.665. The Hall–Kier alpha value is -2.37. The molecule has 4 rings (SSSR count). The van der Waals surface area contributed by atoms with Crippen LogP contribution in [0.3, 0.4) is 0 Å². The molecule has 2 saturated heterocycles. The van der Waals surface area contributed by atoms with Crippen LogP contribution in [0.15, 0.2) is 54.6 Å². The largest absolute Gasteiger partial charge is 0.489 e. The van der Waals surface area contributed by atoms with Crippen molar-refractivity contribution in [1.82, 2.24) is 9.80 Å². The third kappa shape index (κ3) is 4.52. The Morgan fingerprint density at radius 1 is 0.933 bits per heavy atom. The number of methoxy groups -OCH3 is 1. The fourth-order valence-electron chi connectivity index (χ4n) is 4.82. The van der Waals surface area contributed by atoms with E-state index in [1.807, 2.05) is 35.2 Å². The van der Waals surface area contributed by atoms with Crippen molar-refractivity contribution in [2.75, 3.05) is 33.4 Å². The van der Waals surface area contributed by atoms with E-state index in [-0.39, 0.29) is 5.54 Å². The van der Waals surface area contributed by atoms with E-state index in [1.165, 1.54) is 5.56 Å². The van der Waals surface area contributed by atoms with E-state index >= 15 is 0 Å². The van der Waals surface area contributed by atoms with Gasteiger partial charge in [-0.2, -0.15) is 0 Å². The highest BCUT2D eigenvalue weighted by Crippen LogP contribution is 2.39. The summed E-state index contributed by atoms with van der Waals surface area (Å²) in [5, 5.41) is 0. The molecule has 0 radical (unpaired) electrons. The third-order valence-corrected chi connectivity index (χ3v) is 6.44. The molecule has 1 spiro atoms. The van der Waals surface area contributed by atoms with Crippen LogP contribution in [0.2, 0.25) is 0 Å². The highest BCUT2D eigenvalue weighted by Gasteiger charge is 2.50. The van der Waals surface area contributed by atoms with Crippen LogP contribution in [-0.4, -0.2) is 54.6 Å². The number of hydrogen-bond donors (Lipinski definition) is 0. The average Bonchev–Trinajstić information content (AvgIpc) is 3.18. The van der Waals surface area contributed by atoms with Gasteiger partial charge in [-0.05, 0) is 55.5 Å². The maximum atomic E-state index is 13.3. The lowest BCUT2D eigenvalue weighted by molar-refractivity contribution is -0.148. The van der Waals surface area contributed by atoms with Gasteiger partial charge in [0.05, 0.1) is 6.61 Å². The van der Waals surface area contributed by atoms with Crippen molar-refractivity contribution in [3.05, 3.63) is 65.7 Å². The monoisotopic (exact) mass is 408 g/mol. The van der Waals surface area contributed by atoms with Gasteiger partial charge in [0.15, 0.2) is 0 Å². The number of benzene rings is 2. The topological polar surface area (TPSA) is 42.0 Å². The van der Waals surface area contributed by atoms with Crippen molar-refractivity contribution in [2.24, 2.45) is 0 Å². The second-order valence-electron chi connectivity index (χ2n) is 8.36. The lowest BCUT2D eigenvalue weighted by Crippen LogP contribution is -2.60. The molecular formula is C25H32N2O3. The predicted octanol–water partition coefficient (Wildman–Crippen LogP) is 3.87. The van der Waals surface area contributed by atoms with Crippen LogP contribution >= 0.6 is 0 Å². The summed E-state index contributed by atoms with van der Waals surface area (Å²) in [5.74, 6) is 1.17. The molecule has 2 aliphatic heterocycles. The van der Waals surface area contributed by atoms with Crippen LogP contribution in [0.1, 0.15) is 36.8 Å². The molecule has 1 atom stereocenters. The summed E-state index contributed by atoms with van der Waals surface area (Å²) in [4.78, 5) is 17.8. The zero-order valence-electron chi connectivity index (χ0n) is 17.9. The molecule has 1 unspecified atom stereocenters. The average molecular weight is 409 g/mol. The molecule has 5 heteroatoms. The molecule has 0 N–H and O–H groups in total. The smallest absolute Gasteiger partial charge is 0.243 e. The van der Waals surface area contributed by atoms with Crippen molar-refractivity contribution in [3.63, 3.8) is 0 Å². The molecule has 2 aliphatic rings. The van der Waals surface area contributed by atoms with Crippen LogP contribution in [0.5, 0.6) is 5.75 Å². The number of hydrogen-bond acceptors (Lipinski definition) is 4. The first-order valence-corrected chi connectivity index (χ1v) is 11.0. The molecular weight excluding hydrogens is 376 g/mol. The van der Waals surface area contributed by atoms with E-state index in [1.54, 1.807) is 7.11 Å². The van der Waals surface area contributed by atoms with Crippen LogP contribution < -0.4 is 4.74 Å². The van der Waals surface area contributed by atoms with Gasteiger partial charge < -0.3 is 14.4 Å². The highest BCUT2D eigenvalue weighted by molar-refractivity contribution is 5.87. The Kier molecular flexibility index (Phi) is 6.70. The molecule has 0 saturated carbocycles. The van der Waals surface area contributed by atoms with E-state index < -0.39 is 0 Å². The van der Waals surface area contributed by atoms with Crippen LogP contribution in [0.4, 0.5) is 0 Å². The molecule has 0 aromatic heterocycles. The van der Waals surface area contributed by atoms with Crippen LogP contribution in [0, 0.1) is 0 Å². The maximum Gasteiger partial charge on any atom is 0.243 e. The summed E-state index contributed by atoms with van der Waals surface area (Å²) < 4.78 is 11.1. The van der Waals surface area contributed by atoms with E-state index in [0.717, 1.165) is 56.6 Å². The molecule has 2 aromatic rings. The Morgan fingerprint density at radius 3 is 2.40 bits per heavy atom. The number of nitrogens with zero attached hydrogens (tertiary/aromatic N) is 2. The molecule has 160 valence electrons. The van der Waals surface area contributed by atoms with E-state index in [0.29, 0.717) is 25.7 Å². The van der Waals surface area contributed by atoms with Crippen molar-refractivity contribution in [2.45, 2.75) is 44.4 Å². The SMILES string of the molecule is COCCN1CCCC2(CCCN2Cc2ccc(OCc3ccccc3)cc2)C1=O.